The Hall–Kier alpha value is -1.88. The third-order valence-electron chi connectivity index (χ3n) is 3.18. The van der Waals surface area contributed by atoms with Crippen molar-refractivity contribution in [1.29, 1.82) is 0 Å². The minimum atomic E-state index is -0.631. The van der Waals surface area contributed by atoms with Gasteiger partial charge >= 0.3 is 0 Å². The molecule has 2 unspecified atom stereocenters. The predicted molar refractivity (Wildman–Crippen MR) is 71.2 cm³/mol. The number of nitrogens with one attached hydrogen (secondary N) is 1. The van der Waals surface area contributed by atoms with E-state index >= 15 is 0 Å². The van der Waals surface area contributed by atoms with Gasteiger partial charge in [0.2, 0.25) is 5.91 Å². The van der Waals surface area contributed by atoms with Crippen molar-refractivity contribution in [3.63, 3.8) is 0 Å². The average molecular weight is 262 g/mol. The van der Waals surface area contributed by atoms with Crippen LogP contribution in [0.3, 0.4) is 0 Å². The molecule has 1 aromatic carbocycles. The van der Waals surface area contributed by atoms with E-state index in [4.69, 9.17) is 10.5 Å². The summed E-state index contributed by atoms with van der Waals surface area (Å²) in [7, 11) is 0. The summed E-state index contributed by atoms with van der Waals surface area (Å²) in [6.07, 6.45) is 0.450. The number of rotatable bonds is 2. The Kier molecular flexibility index (Phi) is 3.85. The van der Waals surface area contributed by atoms with Crippen LogP contribution in [0.2, 0.25) is 0 Å². The highest BCUT2D eigenvalue weighted by molar-refractivity contribution is 6.04. The largest absolute Gasteiger partial charge is 0.492 e. The van der Waals surface area contributed by atoms with Crippen LogP contribution in [-0.4, -0.2) is 30.4 Å². The van der Waals surface area contributed by atoms with Crippen molar-refractivity contribution in [2.75, 3.05) is 6.61 Å². The summed E-state index contributed by atoms with van der Waals surface area (Å²) in [5.41, 5.74) is 6.94. The van der Waals surface area contributed by atoms with Crippen molar-refractivity contribution in [3.8, 4) is 5.75 Å². The van der Waals surface area contributed by atoms with Gasteiger partial charge in [-0.15, -0.1) is 0 Å². The molecule has 5 heteroatoms. The highest BCUT2D eigenvalue weighted by Crippen LogP contribution is 2.27. The molecule has 1 heterocycles. The van der Waals surface area contributed by atoms with Crippen LogP contribution >= 0.6 is 0 Å². The maximum Gasteiger partial charge on any atom is 0.237 e. The Bertz CT molecular complexity index is 511. The van der Waals surface area contributed by atoms with Gasteiger partial charge in [-0.05, 0) is 25.5 Å². The maximum absolute atomic E-state index is 12.4. The summed E-state index contributed by atoms with van der Waals surface area (Å²) >= 11 is 0. The molecule has 1 amide bonds. The lowest BCUT2D eigenvalue weighted by Gasteiger charge is -2.16. The number of amides is 1. The number of nitrogens with two attached hydrogens (primary N) is 1. The molecule has 0 fully saturated rings. The molecular weight excluding hydrogens is 244 g/mol. The second-order valence-electron chi connectivity index (χ2n) is 4.80. The fraction of sp³-hybridized carbons (Fsp3) is 0.429. The second kappa shape index (κ2) is 5.40. The Morgan fingerprint density at radius 2 is 2.26 bits per heavy atom. The van der Waals surface area contributed by atoms with Gasteiger partial charge in [0.05, 0.1) is 24.3 Å². The number of para-hydroxylation sites is 1. The number of carbonyl (C=O) groups is 2. The number of ketones is 1. The first-order valence-electron chi connectivity index (χ1n) is 6.33. The van der Waals surface area contributed by atoms with Gasteiger partial charge in [0, 0.05) is 6.42 Å². The molecular formula is C14H18N2O3. The van der Waals surface area contributed by atoms with Crippen LogP contribution in [0.5, 0.6) is 5.75 Å². The molecule has 2 rings (SSSR count). The minimum absolute atomic E-state index is 0.120. The maximum atomic E-state index is 12.4. The molecule has 3 N–H and O–H groups in total. The van der Waals surface area contributed by atoms with Gasteiger partial charge in [-0.1, -0.05) is 12.1 Å². The predicted octanol–water partition coefficient (Wildman–Crippen LogP) is 0.792. The molecule has 0 radical (unpaired) electrons. The van der Waals surface area contributed by atoms with E-state index in [0.29, 0.717) is 24.3 Å². The molecule has 5 nitrogen and oxygen atoms in total. The average Bonchev–Trinajstić information content (AvgIpc) is 2.52. The molecule has 19 heavy (non-hydrogen) atoms. The van der Waals surface area contributed by atoms with Gasteiger partial charge in [-0.25, -0.2) is 0 Å². The van der Waals surface area contributed by atoms with Crippen molar-refractivity contribution >= 4 is 11.7 Å². The minimum Gasteiger partial charge on any atom is -0.492 e. The Morgan fingerprint density at radius 3 is 2.95 bits per heavy atom. The first-order chi connectivity index (χ1) is 9.00. The zero-order valence-electron chi connectivity index (χ0n) is 11.1. The normalized spacial score (nSPS) is 19.9. The third-order valence-corrected chi connectivity index (χ3v) is 3.18. The molecule has 2 atom stereocenters. The van der Waals surface area contributed by atoms with Gasteiger partial charge in [0.25, 0.3) is 0 Å². The lowest BCUT2D eigenvalue weighted by Crippen LogP contribution is -2.47. The monoisotopic (exact) mass is 262 g/mol. The van der Waals surface area contributed by atoms with Gasteiger partial charge in [-0.2, -0.15) is 0 Å². The van der Waals surface area contributed by atoms with E-state index in [1.165, 1.54) is 0 Å². The summed E-state index contributed by atoms with van der Waals surface area (Å²) in [6, 6.07) is 4.23. The second-order valence-corrected chi connectivity index (χ2v) is 4.80. The standard InChI is InChI=1S/C14H18N2O3/c1-8-4-3-5-10-12(17)11(6-7-19-13(8)10)16-14(18)9(2)15/h3-5,9,11H,6-7,15H2,1-2H3,(H,16,18). The number of hydrogen-bond acceptors (Lipinski definition) is 4. The van der Waals surface area contributed by atoms with Crippen LogP contribution < -0.4 is 15.8 Å². The number of fused-ring (bicyclic) bond motifs is 1. The summed E-state index contributed by atoms with van der Waals surface area (Å²) in [5, 5.41) is 2.67. The molecule has 1 aliphatic rings. The van der Waals surface area contributed by atoms with Crippen molar-refractivity contribution in [2.24, 2.45) is 5.73 Å². The van der Waals surface area contributed by atoms with E-state index in [9.17, 15) is 9.59 Å². The van der Waals surface area contributed by atoms with Crippen LogP contribution in [0.4, 0.5) is 0 Å². The molecule has 1 aromatic rings. The lowest BCUT2D eigenvalue weighted by atomic mass is 10.00. The summed E-state index contributed by atoms with van der Waals surface area (Å²) in [5.74, 6) is 0.171. The number of benzene rings is 1. The molecule has 0 bridgehead atoms. The highest BCUT2D eigenvalue weighted by atomic mass is 16.5. The zero-order chi connectivity index (χ0) is 14.0. The van der Waals surface area contributed by atoms with Crippen LogP contribution in [0.25, 0.3) is 0 Å². The first-order valence-corrected chi connectivity index (χ1v) is 6.33. The van der Waals surface area contributed by atoms with Crippen LogP contribution in [-0.2, 0) is 4.79 Å². The number of aryl methyl sites for hydroxylation is 1. The topological polar surface area (TPSA) is 81.4 Å². The summed E-state index contributed by atoms with van der Waals surface area (Å²) in [4.78, 5) is 24.0. The molecule has 0 spiro atoms. The molecule has 0 aliphatic carbocycles. The van der Waals surface area contributed by atoms with Crippen molar-refractivity contribution in [1.82, 2.24) is 5.32 Å². The molecule has 0 aromatic heterocycles. The van der Waals surface area contributed by atoms with E-state index < -0.39 is 12.1 Å². The zero-order valence-corrected chi connectivity index (χ0v) is 11.1. The molecule has 0 saturated carbocycles. The number of Topliss-reactive ketones (excluding diaryl/α,β-unsaturated/α-hetero) is 1. The quantitative estimate of drug-likeness (QED) is 0.825. The van der Waals surface area contributed by atoms with Gasteiger partial charge < -0.3 is 15.8 Å². The van der Waals surface area contributed by atoms with E-state index in [2.05, 4.69) is 5.32 Å². The van der Waals surface area contributed by atoms with Gasteiger partial charge in [0.1, 0.15) is 5.75 Å². The number of ether oxygens (including phenoxy) is 1. The fourth-order valence-electron chi connectivity index (χ4n) is 2.08. The van der Waals surface area contributed by atoms with Crippen molar-refractivity contribution in [3.05, 3.63) is 29.3 Å². The molecule has 0 saturated heterocycles. The lowest BCUT2D eigenvalue weighted by molar-refractivity contribution is -0.122. The third kappa shape index (κ3) is 2.76. The Morgan fingerprint density at radius 1 is 1.53 bits per heavy atom. The highest BCUT2D eigenvalue weighted by Gasteiger charge is 2.28. The summed E-state index contributed by atoms with van der Waals surface area (Å²) < 4.78 is 5.62. The smallest absolute Gasteiger partial charge is 0.237 e. The summed E-state index contributed by atoms with van der Waals surface area (Å²) in [6.45, 7) is 3.88. The SMILES string of the molecule is Cc1cccc2c1OCCC(NC(=O)C(C)N)C2=O. The number of carbonyl (C=O) groups excluding carboxylic acids is 2. The fourth-order valence-corrected chi connectivity index (χ4v) is 2.08. The first kappa shape index (κ1) is 13.5. The van der Waals surface area contributed by atoms with E-state index in [-0.39, 0.29) is 11.7 Å². The molecule has 102 valence electrons. The van der Waals surface area contributed by atoms with Crippen molar-refractivity contribution < 1.29 is 14.3 Å². The van der Waals surface area contributed by atoms with Crippen LogP contribution in [0, 0.1) is 6.92 Å². The van der Waals surface area contributed by atoms with Gasteiger partial charge in [0.15, 0.2) is 5.78 Å². The van der Waals surface area contributed by atoms with Crippen LogP contribution in [0.1, 0.15) is 29.3 Å². The van der Waals surface area contributed by atoms with E-state index in [1.54, 1.807) is 13.0 Å². The number of hydrogen-bond donors (Lipinski definition) is 2. The van der Waals surface area contributed by atoms with Gasteiger partial charge in [-0.3, -0.25) is 9.59 Å². The molecule has 1 aliphatic heterocycles. The Labute approximate surface area is 112 Å². The van der Waals surface area contributed by atoms with E-state index in [0.717, 1.165) is 5.56 Å². The van der Waals surface area contributed by atoms with E-state index in [1.807, 2.05) is 19.1 Å². The van der Waals surface area contributed by atoms with Crippen LogP contribution in [0.15, 0.2) is 18.2 Å². The van der Waals surface area contributed by atoms with Crippen molar-refractivity contribution in [2.45, 2.75) is 32.4 Å². The Balaban J connectivity index is 2.26.